The number of nitrogens with zero attached hydrogens (tertiary/aromatic N) is 2. The molecule has 3 rings (SSSR count). The van der Waals surface area contributed by atoms with E-state index in [1.165, 1.54) is 5.56 Å². The molecule has 2 atom stereocenters. The summed E-state index contributed by atoms with van der Waals surface area (Å²) in [6.07, 6.45) is 2.52. The summed E-state index contributed by atoms with van der Waals surface area (Å²) in [5, 5.41) is 0. The van der Waals surface area contributed by atoms with Crippen LogP contribution in [0.2, 0.25) is 0 Å². The van der Waals surface area contributed by atoms with E-state index in [1.807, 2.05) is 25.1 Å². The molecule has 6 nitrogen and oxygen atoms in total. The van der Waals surface area contributed by atoms with Gasteiger partial charge in [-0.2, -0.15) is 0 Å². The molecule has 27 heavy (non-hydrogen) atoms. The van der Waals surface area contributed by atoms with Crippen molar-refractivity contribution in [2.45, 2.75) is 38.6 Å². The molecule has 0 radical (unpaired) electrons. The van der Waals surface area contributed by atoms with Crippen molar-refractivity contribution in [1.82, 2.24) is 9.80 Å². The molecule has 1 aromatic rings. The number of aryl methyl sites for hydroxylation is 1. The van der Waals surface area contributed by atoms with E-state index in [2.05, 4.69) is 12.1 Å². The molecule has 0 aliphatic carbocycles. The van der Waals surface area contributed by atoms with Crippen molar-refractivity contribution in [2.24, 2.45) is 5.92 Å². The molecule has 0 spiro atoms. The second kappa shape index (κ2) is 8.42. The summed E-state index contributed by atoms with van der Waals surface area (Å²) < 4.78 is 23.5. The fraction of sp³-hybridized carbons (Fsp3) is 0.600. The van der Waals surface area contributed by atoms with E-state index in [9.17, 15) is 18.0 Å². The van der Waals surface area contributed by atoms with Crippen LogP contribution in [0, 0.1) is 5.92 Å². The molecule has 2 saturated heterocycles. The maximum Gasteiger partial charge on any atom is 0.228 e. The maximum atomic E-state index is 12.9. The van der Waals surface area contributed by atoms with Crippen molar-refractivity contribution in [3.05, 3.63) is 35.9 Å². The largest absolute Gasteiger partial charge is 0.342 e. The highest BCUT2D eigenvalue weighted by atomic mass is 32.2. The van der Waals surface area contributed by atoms with Crippen LogP contribution < -0.4 is 0 Å². The van der Waals surface area contributed by atoms with Crippen LogP contribution in [0.15, 0.2) is 30.3 Å². The van der Waals surface area contributed by atoms with Gasteiger partial charge in [0.1, 0.15) is 0 Å². The molecule has 0 aromatic heterocycles. The fourth-order valence-electron chi connectivity index (χ4n) is 4.12. The van der Waals surface area contributed by atoms with Crippen LogP contribution in [-0.2, 0) is 25.8 Å². The highest BCUT2D eigenvalue weighted by Crippen LogP contribution is 2.25. The fourth-order valence-corrected chi connectivity index (χ4v) is 5.85. The Kier molecular flexibility index (Phi) is 6.19. The van der Waals surface area contributed by atoms with Gasteiger partial charge in [-0.1, -0.05) is 30.3 Å². The SMILES string of the molecule is CCN(C(=O)C1CC(=O)N(CCCc2ccccc2)C1)C1CCS(=O)(=O)C1. The second-order valence-electron chi connectivity index (χ2n) is 7.51. The molecule has 2 amide bonds. The molecule has 7 heteroatoms. The first-order chi connectivity index (χ1) is 12.9. The zero-order valence-corrected chi connectivity index (χ0v) is 16.7. The minimum absolute atomic E-state index is 0.0245. The maximum absolute atomic E-state index is 12.9. The van der Waals surface area contributed by atoms with Gasteiger partial charge in [0.25, 0.3) is 0 Å². The van der Waals surface area contributed by atoms with Gasteiger partial charge in [-0.05, 0) is 31.7 Å². The third kappa shape index (κ3) is 4.89. The summed E-state index contributed by atoms with van der Waals surface area (Å²) in [5.74, 6) is -0.197. The smallest absolute Gasteiger partial charge is 0.228 e. The number of sulfone groups is 1. The molecular weight excluding hydrogens is 364 g/mol. The van der Waals surface area contributed by atoms with E-state index in [0.29, 0.717) is 26.1 Å². The molecule has 1 aromatic carbocycles. The summed E-state index contributed by atoms with van der Waals surface area (Å²) in [6, 6.07) is 9.91. The first-order valence-electron chi connectivity index (χ1n) is 9.72. The molecule has 2 heterocycles. The lowest BCUT2D eigenvalue weighted by Crippen LogP contribution is -2.44. The first kappa shape index (κ1) is 19.9. The van der Waals surface area contributed by atoms with E-state index in [-0.39, 0.29) is 41.7 Å². The van der Waals surface area contributed by atoms with Crippen LogP contribution in [0.3, 0.4) is 0 Å². The van der Waals surface area contributed by atoms with E-state index >= 15 is 0 Å². The summed E-state index contributed by atoms with van der Waals surface area (Å²) in [4.78, 5) is 28.7. The number of carbonyl (C=O) groups excluding carboxylic acids is 2. The van der Waals surface area contributed by atoms with Crippen molar-refractivity contribution < 1.29 is 18.0 Å². The molecule has 0 N–H and O–H groups in total. The minimum atomic E-state index is -3.04. The normalized spacial score (nSPS) is 24.3. The quantitative estimate of drug-likeness (QED) is 0.705. The van der Waals surface area contributed by atoms with Gasteiger partial charge >= 0.3 is 0 Å². The standard InChI is InChI=1S/C20H28N2O4S/c1-2-22(18-10-12-27(25,26)15-18)20(24)17-13-19(23)21(14-17)11-6-9-16-7-4-3-5-8-16/h3-5,7-8,17-18H,2,6,9-15H2,1H3. The van der Waals surface area contributed by atoms with Crippen LogP contribution in [-0.4, -0.2) is 67.2 Å². The van der Waals surface area contributed by atoms with Crippen LogP contribution in [0.4, 0.5) is 0 Å². The van der Waals surface area contributed by atoms with Crippen LogP contribution >= 0.6 is 0 Å². The Labute approximate surface area is 161 Å². The predicted molar refractivity (Wildman–Crippen MR) is 104 cm³/mol. The number of rotatable bonds is 7. The molecule has 0 bridgehead atoms. The van der Waals surface area contributed by atoms with E-state index < -0.39 is 9.84 Å². The van der Waals surface area contributed by atoms with Gasteiger partial charge in [-0.25, -0.2) is 8.42 Å². The summed E-state index contributed by atoms with van der Waals surface area (Å²) >= 11 is 0. The minimum Gasteiger partial charge on any atom is -0.342 e. The van der Waals surface area contributed by atoms with Gasteiger partial charge in [-0.15, -0.1) is 0 Å². The molecular formula is C20H28N2O4S. The Hall–Kier alpha value is -1.89. The van der Waals surface area contributed by atoms with E-state index in [0.717, 1.165) is 12.8 Å². The average Bonchev–Trinajstić information content (AvgIpc) is 3.19. The molecule has 2 fully saturated rings. The number of hydrogen-bond donors (Lipinski definition) is 0. The van der Waals surface area contributed by atoms with Gasteiger partial charge in [0.15, 0.2) is 9.84 Å². The Morgan fingerprint density at radius 2 is 2.00 bits per heavy atom. The van der Waals surface area contributed by atoms with Gasteiger partial charge in [0, 0.05) is 32.1 Å². The average molecular weight is 393 g/mol. The number of amides is 2. The zero-order valence-electron chi connectivity index (χ0n) is 15.8. The summed E-state index contributed by atoms with van der Waals surface area (Å²) in [6.45, 7) is 3.46. The van der Waals surface area contributed by atoms with E-state index in [1.54, 1.807) is 9.80 Å². The molecule has 2 aliphatic heterocycles. The molecule has 148 valence electrons. The molecule has 2 aliphatic rings. The van der Waals surface area contributed by atoms with Crippen molar-refractivity contribution in [3.8, 4) is 0 Å². The third-order valence-corrected chi connectivity index (χ3v) is 7.32. The lowest BCUT2D eigenvalue weighted by Gasteiger charge is -2.29. The Bertz CT molecular complexity index is 778. The highest BCUT2D eigenvalue weighted by molar-refractivity contribution is 7.91. The third-order valence-electron chi connectivity index (χ3n) is 5.57. The van der Waals surface area contributed by atoms with Crippen molar-refractivity contribution in [3.63, 3.8) is 0 Å². The Morgan fingerprint density at radius 3 is 2.63 bits per heavy atom. The summed E-state index contributed by atoms with van der Waals surface area (Å²) in [5.41, 5.74) is 1.25. The van der Waals surface area contributed by atoms with Crippen molar-refractivity contribution >= 4 is 21.7 Å². The Morgan fingerprint density at radius 1 is 1.26 bits per heavy atom. The monoisotopic (exact) mass is 392 g/mol. The number of hydrogen-bond acceptors (Lipinski definition) is 4. The highest BCUT2D eigenvalue weighted by Gasteiger charge is 2.40. The number of carbonyl (C=O) groups is 2. The molecule has 0 saturated carbocycles. The van der Waals surface area contributed by atoms with Crippen molar-refractivity contribution in [2.75, 3.05) is 31.1 Å². The summed E-state index contributed by atoms with van der Waals surface area (Å²) in [7, 11) is -3.04. The van der Waals surface area contributed by atoms with Crippen molar-refractivity contribution in [1.29, 1.82) is 0 Å². The van der Waals surface area contributed by atoms with Gasteiger partial charge in [0.2, 0.25) is 11.8 Å². The van der Waals surface area contributed by atoms with Crippen LogP contribution in [0.1, 0.15) is 31.7 Å². The predicted octanol–water partition coefficient (Wildman–Crippen LogP) is 1.50. The van der Waals surface area contributed by atoms with Gasteiger partial charge < -0.3 is 9.80 Å². The number of likely N-dealkylation sites (tertiary alicyclic amines) is 1. The zero-order chi connectivity index (χ0) is 19.4. The first-order valence-corrected chi connectivity index (χ1v) is 11.5. The van der Waals surface area contributed by atoms with E-state index in [4.69, 9.17) is 0 Å². The second-order valence-corrected chi connectivity index (χ2v) is 9.74. The lowest BCUT2D eigenvalue weighted by molar-refractivity contribution is -0.137. The van der Waals surface area contributed by atoms with Crippen LogP contribution in [0.25, 0.3) is 0 Å². The Balaban J connectivity index is 1.53. The lowest BCUT2D eigenvalue weighted by atomic mass is 10.1. The van der Waals surface area contributed by atoms with Gasteiger partial charge in [0.05, 0.1) is 17.4 Å². The topological polar surface area (TPSA) is 74.8 Å². The van der Waals surface area contributed by atoms with Gasteiger partial charge in [-0.3, -0.25) is 9.59 Å². The molecule has 2 unspecified atom stereocenters. The van der Waals surface area contributed by atoms with Crippen LogP contribution in [0.5, 0.6) is 0 Å². The number of benzene rings is 1.